The van der Waals surface area contributed by atoms with Crippen molar-refractivity contribution in [1.82, 2.24) is 4.90 Å². The summed E-state index contributed by atoms with van der Waals surface area (Å²) in [6, 6.07) is 0. The van der Waals surface area contributed by atoms with Crippen LogP contribution in [-0.2, 0) is 14.3 Å². The number of piperidine rings is 1. The number of fused-ring (bicyclic) bond motifs is 1. The molecular formula is C11H15NO4. The standard InChI is InChI=1S/C11H15NO4/c13-10(1-2-11(14)15)12-4-3-8-6-16-7-9(8)5-12/h1-2,8-9H,3-7H2,(H,14,15)/b2-1+/t8-,9-/m1/s1. The first-order chi connectivity index (χ1) is 7.66. The molecule has 2 aliphatic heterocycles. The topological polar surface area (TPSA) is 66.8 Å². The van der Waals surface area contributed by atoms with Crippen molar-refractivity contribution < 1.29 is 19.4 Å². The summed E-state index contributed by atoms with van der Waals surface area (Å²) in [7, 11) is 0. The third-order valence-electron chi connectivity index (χ3n) is 3.24. The fraction of sp³-hybridized carbons (Fsp3) is 0.636. The summed E-state index contributed by atoms with van der Waals surface area (Å²) in [6.45, 7) is 2.91. The van der Waals surface area contributed by atoms with E-state index in [0.717, 1.165) is 31.8 Å². The Bertz CT molecular complexity index is 326. The lowest BCUT2D eigenvalue weighted by atomic mass is 9.89. The van der Waals surface area contributed by atoms with Crippen LogP contribution in [0.4, 0.5) is 0 Å². The zero-order valence-corrected chi connectivity index (χ0v) is 8.96. The molecule has 1 N–H and O–H groups in total. The first-order valence-electron chi connectivity index (χ1n) is 5.44. The van der Waals surface area contributed by atoms with Gasteiger partial charge < -0.3 is 14.7 Å². The van der Waals surface area contributed by atoms with Crippen LogP contribution in [0.1, 0.15) is 6.42 Å². The number of carbonyl (C=O) groups excluding carboxylic acids is 1. The van der Waals surface area contributed by atoms with Crippen LogP contribution in [0.2, 0.25) is 0 Å². The molecule has 88 valence electrons. The van der Waals surface area contributed by atoms with Gasteiger partial charge in [-0.3, -0.25) is 4.79 Å². The largest absolute Gasteiger partial charge is 0.478 e. The predicted molar refractivity (Wildman–Crippen MR) is 55.8 cm³/mol. The molecule has 1 amide bonds. The van der Waals surface area contributed by atoms with E-state index < -0.39 is 5.97 Å². The van der Waals surface area contributed by atoms with Gasteiger partial charge in [-0.25, -0.2) is 4.79 Å². The van der Waals surface area contributed by atoms with Gasteiger partial charge in [0.05, 0.1) is 6.61 Å². The molecule has 5 heteroatoms. The number of carbonyl (C=O) groups is 2. The SMILES string of the molecule is O=C(O)/C=C/C(=O)N1CC[C@@H]2COC[C@H]2C1. The molecule has 5 nitrogen and oxygen atoms in total. The van der Waals surface area contributed by atoms with Gasteiger partial charge in [0, 0.05) is 37.8 Å². The number of aliphatic carboxylic acids is 1. The lowest BCUT2D eigenvalue weighted by molar-refractivity contribution is -0.132. The van der Waals surface area contributed by atoms with E-state index in [4.69, 9.17) is 9.84 Å². The zero-order valence-electron chi connectivity index (χ0n) is 8.96. The molecule has 0 spiro atoms. The van der Waals surface area contributed by atoms with E-state index in [1.54, 1.807) is 4.90 Å². The highest BCUT2D eigenvalue weighted by Gasteiger charge is 2.34. The lowest BCUT2D eigenvalue weighted by Gasteiger charge is -2.33. The Morgan fingerprint density at radius 2 is 2.00 bits per heavy atom. The van der Waals surface area contributed by atoms with E-state index in [1.165, 1.54) is 0 Å². The molecule has 2 rings (SSSR count). The molecule has 0 unspecified atom stereocenters. The van der Waals surface area contributed by atoms with E-state index in [9.17, 15) is 9.59 Å². The van der Waals surface area contributed by atoms with E-state index in [-0.39, 0.29) is 5.91 Å². The zero-order chi connectivity index (χ0) is 11.5. The van der Waals surface area contributed by atoms with Crippen LogP contribution < -0.4 is 0 Å². The van der Waals surface area contributed by atoms with Gasteiger partial charge in [0.2, 0.25) is 5.91 Å². The van der Waals surface area contributed by atoms with Gasteiger partial charge in [-0.2, -0.15) is 0 Å². The monoisotopic (exact) mass is 225 g/mol. The minimum absolute atomic E-state index is 0.215. The maximum Gasteiger partial charge on any atom is 0.328 e. The second-order valence-electron chi connectivity index (χ2n) is 4.30. The van der Waals surface area contributed by atoms with Crippen LogP contribution in [0.15, 0.2) is 12.2 Å². The number of rotatable bonds is 2. The molecule has 0 bridgehead atoms. The quantitative estimate of drug-likeness (QED) is 0.678. The van der Waals surface area contributed by atoms with Gasteiger partial charge in [-0.05, 0) is 12.3 Å². The van der Waals surface area contributed by atoms with Crippen molar-refractivity contribution in [2.45, 2.75) is 6.42 Å². The summed E-state index contributed by atoms with van der Waals surface area (Å²) in [5.41, 5.74) is 0. The van der Waals surface area contributed by atoms with Crippen LogP contribution in [0.5, 0.6) is 0 Å². The van der Waals surface area contributed by atoms with E-state index in [0.29, 0.717) is 24.9 Å². The Labute approximate surface area is 93.7 Å². The summed E-state index contributed by atoms with van der Waals surface area (Å²) >= 11 is 0. The Kier molecular flexibility index (Phi) is 3.24. The highest BCUT2D eigenvalue weighted by atomic mass is 16.5. The minimum Gasteiger partial charge on any atom is -0.478 e. The third kappa shape index (κ3) is 2.41. The number of likely N-dealkylation sites (tertiary alicyclic amines) is 1. The van der Waals surface area contributed by atoms with Crippen molar-refractivity contribution in [2.75, 3.05) is 26.3 Å². The van der Waals surface area contributed by atoms with Gasteiger partial charge in [0.15, 0.2) is 0 Å². The Balaban J connectivity index is 1.91. The van der Waals surface area contributed by atoms with Gasteiger partial charge in [-0.1, -0.05) is 0 Å². The van der Waals surface area contributed by atoms with Gasteiger partial charge in [0.25, 0.3) is 0 Å². The van der Waals surface area contributed by atoms with Crippen LogP contribution in [-0.4, -0.2) is 48.2 Å². The molecule has 0 aromatic carbocycles. The summed E-state index contributed by atoms with van der Waals surface area (Å²) in [4.78, 5) is 23.6. The first kappa shape index (κ1) is 11.1. The number of hydrogen-bond acceptors (Lipinski definition) is 3. The summed E-state index contributed by atoms with van der Waals surface area (Å²) in [5.74, 6) is -0.302. The van der Waals surface area contributed by atoms with E-state index in [2.05, 4.69) is 0 Å². The van der Waals surface area contributed by atoms with Crippen LogP contribution in [0, 0.1) is 11.8 Å². The molecule has 2 heterocycles. The minimum atomic E-state index is -1.09. The maximum atomic E-state index is 11.6. The fourth-order valence-electron chi connectivity index (χ4n) is 2.31. The molecule has 2 fully saturated rings. The maximum absolute atomic E-state index is 11.6. The lowest BCUT2D eigenvalue weighted by Crippen LogP contribution is -2.42. The van der Waals surface area contributed by atoms with E-state index in [1.807, 2.05) is 0 Å². The van der Waals surface area contributed by atoms with Crippen molar-refractivity contribution in [3.05, 3.63) is 12.2 Å². The molecule has 2 saturated heterocycles. The van der Waals surface area contributed by atoms with Gasteiger partial charge >= 0.3 is 5.97 Å². The molecular weight excluding hydrogens is 210 g/mol. The average molecular weight is 225 g/mol. The third-order valence-corrected chi connectivity index (χ3v) is 3.24. The fourth-order valence-corrected chi connectivity index (χ4v) is 2.31. The summed E-state index contributed by atoms with van der Waals surface area (Å²) in [5, 5.41) is 8.43. The molecule has 0 radical (unpaired) electrons. The number of amides is 1. The number of hydrogen-bond donors (Lipinski definition) is 1. The number of ether oxygens (including phenoxy) is 1. The van der Waals surface area contributed by atoms with Crippen molar-refractivity contribution in [1.29, 1.82) is 0 Å². The van der Waals surface area contributed by atoms with Crippen molar-refractivity contribution in [3.63, 3.8) is 0 Å². The van der Waals surface area contributed by atoms with Crippen LogP contribution in [0.3, 0.4) is 0 Å². The Hall–Kier alpha value is -1.36. The molecule has 0 saturated carbocycles. The highest BCUT2D eigenvalue weighted by molar-refractivity contribution is 5.93. The predicted octanol–water partition coefficient (Wildman–Crippen LogP) is 0.122. The molecule has 2 atom stereocenters. The van der Waals surface area contributed by atoms with Crippen molar-refractivity contribution in [3.8, 4) is 0 Å². The Morgan fingerprint density at radius 3 is 2.75 bits per heavy atom. The van der Waals surface area contributed by atoms with E-state index >= 15 is 0 Å². The smallest absolute Gasteiger partial charge is 0.328 e. The second-order valence-corrected chi connectivity index (χ2v) is 4.30. The average Bonchev–Trinajstić information content (AvgIpc) is 2.72. The second kappa shape index (κ2) is 4.65. The summed E-state index contributed by atoms with van der Waals surface area (Å²) < 4.78 is 5.37. The van der Waals surface area contributed by atoms with Crippen molar-refractivity contribution in [2.24, 2.45) is 11.8 Å². The van der Waals surface area contributed by atoms with Crippen LogP contribution in [0.25, 0.3) is 0 Å². The molecule has 0 aromatic heterocycles. The first-order valence-corrected chi connectivity index (χ1v) is 5.44. The molecule has 16 heavy (non-hydrogen) atoms. The van der Waals surface area contributed by atoms with Crippen molar-refractivity contribution >= 4 is 11.9 Å². The summed E-state index contributed by atoms with van der Waals surface area (Å²) in [6.07, 6.45) is 2.97. The van der Waals surface area contributed by atoms with Crippen LogP contribution >= 0.6 is 0 Å². The van der Waals surface area contributed by atoms with Gasteiger partial charge in [-0.15, -0.1) is 0 Å². The number of carboxylic acid groups (broad SMARTS) is 1. The highest BCUT2D eigenvalue weighted by Crippen LogP contribution is 2.29. The Morgan fingerprint density at radius 1 is 1.25 bits per heavy atom. The number of carboxylic acids is 1. The van der Waals surface area contributed by atoms with Gasteiger partial charge in [0.1, 0.15) is 0 Å². The number of nitrogens with zero attached hydrogens (tertiary/aromatic N) is 1. The normalized spacial score (nSPS) is 29.4. The molecule has 0 aromatic rings. The molecule has 0 aliphatic carbocycles. The molecule has 2 aliphatic rings.